The second-order valence-corrected chi connectivity index (χ2v) is 17.8. The van der Waals surface area contributed by atoms with Gasteiger partial charge in [-0.05, 0) is 65.5 Å². The molecule has 0 saturated carbocycles. The molecule has 2 aliphatic heterocycles. The van der Waals surface area contributed by atoms with Crippen LogP contribution < -0.4 is 14.2 Å². The van der Waals surface area contributed by atoms with Gasteiger partial charge in [0.15, 0.2) is 14.6 Å². The van der Waals surface area contributed by atoms with E-state index in [9.17, 15) is 0 Å². The molecular formula is C33H41NO6SSi. The van der Waals surface area contributed by atoms with Gasteiger partial charge in [-0.15, -0.1) is 0 Å². The zero-order chi connectivity index (χ0) is 30.1. The van der Waals surface area contributed by atoms with Crippen molar-refractivity contribution >= 4 is 20.1 Å². The molecule has 0 radical (unpaired) electrons. The van der Waals surface area contributed by atoms with Gasteiger partial charge in [0.1, 0.15) is 29.6 Å². The van der Waals surface area contributed by atoms with Crippen molar-refractivity contribution in [1.29, 1.82) is 0 Å². The van der Waals surface area contributed by atoms with E-state index in [0.29, 0.717) is 0 Å². The van der Waals surface area contributed by atoms with Gasteiger partial charge in [-0.25, -0.2) is 0 Å². The lowest BCUT2D eigenvalue weighted by molar-refractivity contribution is -0.132. The van der Waals surface area contributed by atoms with Gasteiger partial charge < -0.3 is 33.0 Å². The molecule has 0 bridgehead atoms. The highest BCUT2D eigenvalue weighted by atomic mass is 32.2. The number of methoxy groups -OCH3 is 3. The van der Waals surface area contributed by atoms with Gasteiger partial charge in [0.2, 0.25) is 5.06 Å². The van der Waals surface area contributed by atoms with Crippen molar-refractivity contribution in [3.63, 3.8) is 0 Å². The second kappa shape index (κ2) is 12.0. The Hall–Kier alpha value is -2.95. The number of benzene rings is 3. The fraction of sp³-hybridized carbons (Fsp3) is 0.394. The third kappa shape index (κ3) is 5.81. The molecule has 1 spiro atoms. The van der Waals surface area contributed by atoms with Gasteiger partial charge in [-0.1, -0.05) is 68.9 Å². The van der Waals surface area contributed by atoms with Gasteiger partial charge in [0, 0.05) is 17.3 Å². The Kier molecular flexibility index (Phi) is 8.69. The Morgan fingerprint density at radius 3 is 1.79 bits per heavy atom. The first-order valence-electron chi connectivity index (χ1n) is 14.1. The first kappa shape index (κ1) is 30.5. The molecule has 42 heavy (non-hydrogen) atoms. The molecule has 224 valence electrons. The van der Waals surface area contributed by atoms with E-state index in [0.717, 1.165) is 33.9 Å². The maximum absolute atomic E-state index is 7.21. The molecule has 3 aromatic carbocycles. The Morgan fingerprint density at radius 2 is 1.29 bits per heavy atom. The zero-order valence-electron chi connectivity index (χ0n) is 25.6. The zero-order valence-corrected chi connectivity index (χ0v) is 27.4. The molecule has 4 atom stereocenters. The van der Waals surface area contributed by atoms with Crippen LogP contribution in [0.5, 0.6) is 17.2 Å². The predicted octanol–water partition coefficient (Wildman–Crippen LogP) is 8.39. The number of thioether (sulfide) groups is 1. The molecule has 0 aliphatic carbocycles. The molecule has 0 N–H and O–H groups in total. The summed E-state index contributed by atoms with van der Waals surface area (Å²) in [5.41, 5.74) is 2.90. The fourth-order valence-corrected chi connectivity index (χ4v) is 7.11. The molecular weight excluding hydrogens is 567 g/mol. The molecule has 5 rings (SSSR count). The number of rotatable bonds is 9. The van der Waals surface area contributed by atoms with Crippen LogP contribution in [0, 0.1) is 0 Å². The molecule has 1 fully saturated rings. The van der Waals surface area contributed by atoms with Crippen molar-refractivity contribution in [3.8, 4) is 17.2 Å². The summed E-state index contributed by atoms with van der Waals surface area (Å²) in [7, 11) is 2.75. The number of nitrogens with zero attached hydrogens (tertiary/aromatic N) is 1. The molecule has 2 heterocycles. The van der Waals surface area contributed by atoms with Crippen LogP contribution in [0.15, 0.2) is 84.4 Å². The van der Waals surface area contributed by atoms with Crippen molar-refractivity contribution < 1.29 is 28.1 Å². The Labute approximate surface area is 254 Å². The third-order valence-corrected chi connectivity index (χ3v) is 13.9. The van der Waals surface area contributed by atoms with Gasteiger partial charge in [-0.2, -0.15) is 0 Å². The summed E-state index contributed by atoms with van der Waals surface area (Å²) in [6, 6.07) is 23.9. The number of ether oxygens (including phenoxy) is 5. The summed E-state index contributed by atoms with van der Waals surface area (Å²) in [6.07, 6.45) is 0.590. The first-order valence-corrected chi connectivity index (χ1v) is 17.9. The quantitative estimate of drug-likeness (QED) is 0.225. The normalized spacial score (nSPS) is 22.9. The Bertz CT molecular complexity index is 1370. The molecule has 0 aromatic heterocycles. The lowest BCUT2D eigenvalue weighted by Gasteiger charge is -2.46. The fourth-order valence-electron chi connectivity index (χ4n) is 4.82. The van der Waals surface area contributed by atoms with E-state index in [-0.39, 0.29) is 5.04 Å². The van der Waals surface area contributed by atoms with Crippen LogP contribution in [0.2, 0.25) is 18.1 Å². The molecule has 0 amide bonds. The minimum absolute atomic E-state index is 0.00445. The van der Waals surface area contributed by atoms with E-state index >= 15 is 0 Å². The Morgan fingerprint density at radius 1 is 0.786 bits per heavy atom. The highest BCUT2D eigenvalue weighted by Gasteiger charge is 2.59. The van der Waals surface area contributed by atoms with Crippen molar-refractivity contribution in [2.24, 2.45) is 0 Å². The summed E-state index contributed by atoms with van der Waals surface area (Å²) in [5, 5.41) is 1.13. The summed E-state index contributed by atoms with van der Waals surface area (Å²) in [5.74, 6) is 2.35. The van der Waals surface area contributed by atoms with Crippen molar-refractivity contribution in [2.75, 3.05) is 21.3 Å². The van der Waals surface area contributed by atoms with Crippen LogP contribution in [0.4, 0.5) is 0 Å². The van der Waals surface area contributed by atoms with Crippen LogP contribution in [0.1, 0.15) is 56.1 Å². The average molecular weight is 608 g/mol. The molecule has 2 aliphatic rings. The Balaban J connectivity index is 1.60. The van der Waals surface area contributed by atoms with Crippen molar-refractivity contribution in [1.82, 2.24) is 4.90 Å². The molecule has 7 nitrogen and oxygen atoms in total. The van der Waals surface area contributed by atoms with E-state index in [2.05, 4.69) is 62.5 Å². The van der Waals surface area contributed by atoms with E-state index in [1.54, 1.807) is 33.1 Å². The van der Waals surface area contributed by atoms with Gasteiger partial charge >= 0.3 is 0 Å². The first-order chi connectivity index (χ1) is 20.0. The lowest BCUT2D eigenvalue weighted by atomic mass is 10.1. The van der Waals surface area contributed by atoms with E-state index in [1.165, 1.54) is 0 Å². The topological polar surface area (TPSA) is 58.6 Å². The van der Waals surface area contributed by atoms with E-state index < -0.39 is 32.0 Å². The van der Waals surface area contributed by atoms with E-state index in [1.807, 2.05) is 60.7 Å². The van der Waals surface area contributed by atoms with Crippen LogP contribution in [0.3, 0.4) is 0 Å². The summed E-state index contributed by atoms with van der Waals surface area (Å²) in [6.45, 7) is 11.3. The van der Waals surface area contributed by atoms with Gasteiger partial charge in [0.05, 0.1) is 21.3 Å². The number of hydrogen-bond acceptors (Lipinski definition) is 8. The van der Waals surface area contributed by atoms with Gasteiger partial charge in [-0.3, -0.25) is 0 Å². The smallest absolute Gasteiger partial charge is 0.229 e. The van der Waals surface area contributed by atoms with Crippen LogP contribution in [-0.2, 0) is 13.9 Å². The van der Waals surface area contributed by atoms with Crippen LogP contribution >= 0.6 is 11.8 Å². The minimum atomic E-state index is -2.26. The third-order valence-electron chi connectivity index (χ3n) is 8.36. The highest BCUT2D eigenvalue weighted by Crippen LogP contribution is 2.60. The maximum Gasteiger partial charge on any atom is 0.229 e. The summed E-state index contributed by atoms with van der Waals surface area (Å²) < 4.78 is 37.3. The molecule has 1 saturated heterocycles. The largest absolute Gasteiger partial charge is 0.497 e. The minimum Gasteiger partial charge on any atom is -0.497 e. The predicted molar refractivity (Wildman–Crippen MR) is 169 cm³/mol. The summed E-state index contributed by atoms with van der Waals surface area (Å²) >= 11 is 1.60. The lowest BCUT2D eigenvalue weighted by Crippen LogP contribution is -2.51. The SMILES string of the molecule is COc1ccc(C2OC(c3ccc(OC)cc3)C3(O2)SC=CN3C(O[Si](C)(C)C(C)(C)C)c2ccc(OC)cc2)cc1. The summed E-state index contributed by atoms with van der Waals surface area (Å²) in [4.78, 5) is 2.19. The van der Waals surface area contributed by atoms with Crippen molar-refractivity contribution in [2.45, 2.75) is 62.6 Å². The van der Waals surface area contributed by atoms with Crippen LogP contribution in [0.25, 0.3) is 0 Å². The monoisotopic (exact) mass is 607 g/mol. The average Bonchev–Trinajstić information content (AvgIpc) is 3.59. The van der Waals surface area contributed by atoms with Gasteiger partial charge in [0.25, 0.3) is 0 Å². The van der Waals surface area contributed by atoms with Crippen molar-refractivity contribution in [3.05, 3.63) is 101 Å². The molecule has 4 unspecified atom stereocenters. The standard InChI is InChI=1S/C33H41NO6SSi/c1-32(2,3)42(7,8)40-30(24-11-17-27(36-5)18-12-24)34-21-22-41-33(34)29(23-9-15-26(35-4)16-10-23)38-31(39-33)25-13-19-28(37-6)20-14-25/h9-22,29-31H,1-8H3. The molecule has 3 aromatic rings. The molecule has 9 heteroatoms. The highest BCUT2D eigenvalue weighted by molar-refractivity contribution is 8.03. The van der Waals surface area contributed by atoms with Crippen LogP contribution in [-0.4, -0.2) is 39.6 Å². The maximum atomic E-state index is 7.21. The second-order valence-electron chi connectivity index (χ2n) is 12.0. The van der Waals surface area contributed by atoms with E-state index in [4.69, 9.17) is 28.1 Å². The number of hydrogen-bond donors (Lipinski definition) is 0.